The van der Waals surface area contributed by atoms with Crippen LogP contribution in [0.2, 0.25) is 0 Å². The zero-order valence-electron chi connectivity index (χ0n) is 22.0. The molecule has 2 fully saturated rings. The number of fused-ring (bicyclic) bond motifs is 1. The molecule has 2 heterocycles. The maximum absolute atomic E-state index is 13.1. The Labute approximate surface area is 214 Å². The molecule has 0 saturated carbocycles. The molecule has 36 heavy (non-hydrogen) atoms. The van der Waals surface area contributed by atoms with Gasteiger partial charge in [0.15, 0.2) is 5.78 Å². The van der Waals surface area contributed by atoms with E-state index < -0.39 is 6.04 Å². The first kappa shape index (κ1) is 26.1. The van der Waals surface area contributed by atoms with Gasteiger partial charge in [-0.1, -0.05) is 52.0 Å². The summed E-state index contributed by atoms with van der Waals surface area (Å²) in [5, 5.41) is 2.95. The number of hydrogen-bond donors (Lipinski definition) is 1. The van der Waals surface area contributed by atoms with Gasteiger partial charge >= 0.3 is 0 Å². The fourth-order valence-corrected chi connectivity index (χ4v) is 5.62. The van der Waals surface area contributed by atoms with Crippen molar-refractivity contribution in [2.45, 2.75) is 77.3 Å². The van der Waals surface area contributed by atoms with Crippen LogP contribution in [0.25, 0.3) is 0 Å². The highest BCUT2D eigenvalue weighted by Crippen LogP contribution is 2.33. The lowest BCUT2D eigenvalue weighted by Gasteiger charge is -2.26. The third kappa shape index (κ3) is 5.55. The van der Waals surface area contributed by atoms with Gasteiger partial charge in [0.25, 0.3) is 5.91 Å². The van der Waals surface area contributed by atoms with E-state index >= 15 is 0 Å². The van der Waals surface area contributed by atoms with Crippen LogP contribution in [-0.4, -0.2) is 65.0 Å². The molecule has 3 aliphatic rings. The molecule has 1 N–H and O–H groups in total. The molecule has 1 aromatic carbocycles. The van der Waals surface area contributed by atoms with Crippen molar-refractivity contribution in [3.05, 3.63) is 47.5 Å². The van der Waals surface area contributed by atoms with Crippen molar-refractivity contribution in [2.75, 3.05) is 19.6 Å². The zero-order chi connectivity index (χ0) is 26.0. The summed E-state index contributed by atoms with van der Waals surface area (Å²) >= 11 is 0. The third-order valence-corrected chi connectivity index (χ3v) is 7.84. The highest BCUT2D eigenvalue weighted by molar-refractivity contribution is 5.98. The quantitative estimate of drug-likeness (QED) is 0.589. The Morgan fingerprint density at radius 1 is 1.06 bits per heavy atom. The van der Waals surface area contributed by atoms with Crippen LogP contribution in [0, 0.1) is 11.8 Å². The van der Waals surface area contributed by atoms with Gasteiger partial charge in [-0.3, -0.25) is 19.2 Å². The van der Waals surface area contributed by atoms with Gasteiger partial charge in [-0.2, -0.15) is 0 Å². The van der Waals surface area contributed by atoms with Crippen molar-refractivity contribution in [3.63, 3.8) is 0 Å². The van der Waals surface area contributed by atoms with E-state index in [1.54, 1.807) is 9.80 Å². The second-order valence-electron chi connectivity index (χ2n) is 11.6. The lowest BCUT2D eigenvalue weighted by molar-refractivity contribution is -0.137. The van der Waals surface area contributed by atoms with Crippen molar-refractivity contribution in [2.24, 2.45) is 11.8 Å². The number of Topliss-reactive ketones (excluding diaryl/α,β-unsaturated/α-hetero) is 1. The molecule has 0 bridgehead atoms. The average molecular weight is 494 g/mol. The summed E-state index contributed by atoms with van der Waals surface area (Å²) in [5.41, 5.74) is 1.85. The van der Waals surface area contributed by atoms with Crippen LogP contribution in [0.3, 0.4) is 0 Å². The number of likely N-dealkylation sites (tertiary alicyclic amines) is 2. The van der Waals surface area contributed by atoms with Crippen molar-refractivity contribution in [1.29, 1.82) is 0 Å². The predicted octanol–water partition coefficient (Wildman–Crippen LogP) is 3.48. The van der Waals surface area contributed by atoms with Crippen LogP contribution in [0.5, 0.6) is 0 Å². The van der Waals surface area contributed by atoms with Crippen molar-refractivity contribution in [1.82, 2.24) is 15.1 Å². The minimum atomic E-state index is -0.501. The van der Waals surface area contributed by atoms with Gasteiger partial charge in [-0.05, 0) is 54.7 Å². The lowest BCUT2D eigenvalue weighted by atomic mass is 9.87. The Balaban J connectivity index is 1.24. The monoisotopic (exact) mass is 493 g/mol. The summed E-state index contributed by atoms with van der Waals surface area (Å²) in [6, 6.07) is 6.99. The van der Waals surface area contributed by atoms with E-state index in [9.17, 15) is 19.2 Å². The Hall–Kier alpha value is -2.96. The van der Waals surface area contributed by atoms with Crippen LogP contribution in [-0.2, 0) is 19.8 Å². The van der Waals surface area contributed by atoms with Gasteiger partial charge in [0.1, 0.15) is 6.04 Å². The smallest absolute Gasteiger partial charge is 0.251 e. The molecule has 7 heteroatoms. The molecular weight excluding hydrogens is 454 g/mol. The van der Waals surface area contributed by atoms with Crippen LogP contribution < -0.4 is 5.32 Å². The normalized spacial score (nSPS) is 22.7. The summed E-state index contributed by atoms with van der Waals surface area (Å²) in [6.45, 7) is 9.53. The van der Waals surface area contributed by atoms with E-state index in [1.165, 1.54) is 5.56 Å². The van der Waals surface area contributed by atoms with Gasteiger partial charge in [-0.15, -0.1) is 0 Å². The molecule has 3 amide bonds. The lowest BCUT2D eigenvalue weighted by Crippen LogP contribution is -2.44. The maximum Gasteiger partial charge on any atom is 0.251 e. The topological polar surface area (TPSA) is 86.8 Å². The van der Waals surface area contributed by atoms with Crippen molar-refractivity contribution < 1.29 is 19.2 Å². The number of rotatable bonds is 7. The van der Waals surface area contributed by atoms with E-state index in [0.29, 0.717) is 37.9 Å². The summed E-state index contributed by atoms with van der Waals surface area (Å²) in [6.07, 6.45) is 7.18. The molecule has 4 rings (SSSR count). The Morgan fingerprint density at radius 2 is 1.72 bits per heavy atom. The molecular formula is C29H39N3O4. The first-order chi connectivity index (χ1) is 17.1. The van der Waals surface area contributed by atoms with E-state index in [-0.39, 0.29) is 53.3 Å². The molecule has 0 spiro atoms. The van der Waals surface area contributed by atoms with Gasteiger partial charge in [0, 0.05) is 31.0 Å². The van der Waals surface area contributed by atoms with Crippen LogP contribution in [0.4, 0.5) is 0 Å². The van der Waals surface area contributed by atoms with Crippen molar-refractivity contribution in [3.8, 4) is 0 Å². The minimum absolute atomic E-state index is 0.0254. The summed E-state index contributed by atoms with van der Waals surface area (Å²) in [4.78, 5) is 54.7. The van der Waals surface area contributed by atoms with Gasteiger partial charge in [-0.25, -0.2) is 0 Å². The second kappa shape index (κ2) is 10.6. The number of allylic oxidation sites excluding steroid dienone is 2. The first-order valence-corrected chi connectivity index (χ1v) is 13.2. The molecule has 1 aliphatic carbocycles. The highest BCUT2D eigenvalue weighted by atomic mass is 16.2. The number of carbonyl (C=O) groups is 4. The number of nitrogens with one attached hydrogen (secondary N) is 1. The summed E-state index contributed by atoms with van der Waals surface area (Å²) in [5.74, 6) is -0.124. The standard InChI is InChI=1S/C29H39N3O4/c1-19(13-15-30-27(35)20-9-11-22(12-10-20)29(2,3)4)17-25(34)31-16-14-23-26(31)24(33)18-32(23)28(36)21-7-5-6-8-21/h5-6,9-12,19,21,23,26H,7-8,13-18H2,1-4H3,(H,30,35). The summed E-state index contributed by atoms with van der Waals surface area (Å²) in [7, 11) is 0. The Kier molecular flexibility index (Phi) is 7.67. The third-order valence-electron chi connectivity index (χ3n) is 7.84. The fraction of sp³-hybridized carbons (Fsp3) is 0.586. The van der Waals surface area contributed by atoms with Crippen molar-refractivity contribution >= 4 is 23.5 Å². The first-order valence-electron chi connectivity index (χ1n) is 13.2. The van der Waals surface area contributed by atoms with Crippen LogP contribution in [0.15, 0.2) is 36.4 Å². The molecule has 1 aromatic rings. The molecule has 2 saturated heterocycles. The van der Waals surface area contributed by atoms with E-state index in [2.05, 4.69) is 26.1 Å². The maximum atomic E-state index is 13.1. The molecule has 7 nitrogen and oxygen atoms in total. The highest BCUT2D eigenvalue weighted by Gasteiger charge is 2.51. The Morgan fingerprint density at radius 3 is 2.36 bits per heavy atom. The summed E-state index contributed by atoms with van der Waals surface area (Å²) < 4.78 is 0. The van der Waals surface area contributed by atoms with E-state index in [0.717, 1.165) is 12.8 Å². The average Bonchev–Trinajstić information content (AvgIpc) is 3.57. The predicted molar refractivity (Wildman–Crippen MR) is 138 cm³/mol. The fourth-order valence-electron chi connectivity index (χ4n) is 5.62. The molecule has 0 radical (unpaired) electrons. The molecule has 3 atom stereocenters. The number of amides is 3. The van der Waals surface area contributed by atoms with Crippen LogP contribution >= 0.6 is 0 Å². The van der Waals surface area contributed by atoms with Gasteiger partial charge in [0.2, 0.25) is 11.8 Å². The van der Waals surface area contributed by atoms with E-state index in [1.807, 2.05) is 43.3 Å². The largest absolute Gasteiger partial charge is 0.352 e. The van der Waals surface area contributed by atoms with Crippen LogP contribution in [0.1, 0.15) is 75.7 Å². The SMILES string of the molecule is CC(CCNC(=O)c1ccc(C(C)(C)C)cc1)CC(=O)N1CCC2C1C(=O)CN2C(=O)C1CC=CC1. The number of nitrogens with zero attached hydrogens (tertiary/aromatic N) is 2. The Bertz CT molecular complexity index is 1030. The number of benzene rings is 1. The molecule has 194 valence electrons. The number of hydrogen-bond acceptors (Lipinski definition) is 4. The minimum Gasteiger partial charge on any atom is -0.352 e. The van der Waals surface area contributed by atoms with Gasteiger partial charge in [0.05, 0.1) is 12.6 Å². The molecule has 3 unspecified atom stereocenters. The van der Waals surface area contributed by atoms with Gasteiger partial charge < -0.3 is 15.1 Å². The molecule has 2 aliphatic heterocycles. The van der Waals surface area contributed by atoms with E-state index in [4.69, 9.17) is 0 Å². The molecule has 0 aromatic heterocycles. The zero-order valence-corrected chi connectivity index (χ0v) is 22.0. The number of carbonyl (C=O) groups excluding carboxylic acids is 4. The number of ketones is 1. The second-order valence-corrected chi connectivity index (χ2v) is 11.6.